The molecule has 3 nitrogen and oxygen atoms in total. The van der Waals surface area contributed by atoms with Crippen molar-refractivity contribution in [1.82, 2.24) is 0 Å². The lowest BCUT2D eigenvalue weighted by Crippen LogP contribution is -2.21. The molecule has 15 heavy (non-hydrogen) atoms. The second-order valence-electron chi connectivity index (χ2n) is 3.52. The molecule has 1 rings (SSSR count). The minimum atomic E-state index is -0.546. The molecule has 0 bridgehead atoms. The van der Waals surface area contributed by atoms with Crippen molar-refractivity contribution in [2.75, 3.05) is 24.5 Å². The minimum Gasteiger partial charge on any atom is -0.387 e. The molecule has 0 saturated heterocycles. The third kappa shape index (κ3) is 2.94. The molecule has 0 radical (unpaired) electrons. The molecule has 0 heterocycles. The fourth-order valence-corrected chi connectivity index (χ4v) is 1.63. The molecule has 0 spiro atoms. The number of anilines is 1. The van der Waals surface area contributed by atoms with E-state index >= 15 is 0 Å². The molecule has 0 aliphatic carbocycles. The van der Waals surface area contributed by atoms with Crippen LogP contribution in [0.3, 0.4) is 0 Å². The van der Waals surface area contributed by atoms with Crippen molar-refractivity contribution in [3.05, 3.63) is 29.8 Å². The van der Waals surface area contributed by atoms with Crippen LogP contribution in [0.1, 0.15) is 25.5 Å². The molecule has 0 fully saturated rings. The van der Waals surface area contributed by atoms with Crippen molar-refractivity contribution in [3.63, 3.8) is 0 Å². The fourth-order valence-electron chi connectivity index (χ4n) is 1.63. The third-order valence-corrected chi connectivity index (χ3v) is 2.63. The average Bonchev–Trinajstić information content (AvgIpc) is 2.30. The molecule has 0 aromatic heterocycles. The first kappa shape index (κ1) is 12.0. The lowest BCUT2D eigenvalue weighted by atomic mass is 10.1. The number of rotatable bonds is 5. The topological polar surface area (TPSA) is 49.5 Å². The molecule has 1 aromatic rings. The summed E-state index contributed by atoms with van der Waals surface area (Å²) >= 11 is 0. The Balaban J connectivity index is 2.79. The Bertz CT molecular complexity index is 280. The predicted octanol–water partition coefficient (Wildman–Crippen LogP) is 1.52. The van der Waals surface area contributed by atoms with Crippen molar-refractivity contribution >= 4 is 5.69 Å². The summed E-state index contributed by atoms with van der Waals surface area (Å²) in [6, 6.07) is 7.93. The lowest BCUT2D eigenvalue weighted by Gasteiger charge is -2.21. The Morgan fingerprint density at radius 1 is 1.20 bits per heavy atom. The van der Waals surface area contributed by atoms with Crippen molar-refractivity contribution in [2.24, 2.45) is 5.73 Å². The van der Waals surface area contributed by atoms with Crippen LogP contribution in [0, 0.1) is 0 Å². The smallest absolute Gasteiger partial charge is 0.0912 e. The van der Waals surface area contributed by atoms with Gasteiger partial charge < -0.3 is 15.7 Å². The van der Waals surface area contributed by atoms with Crippen molar-refractivity contribution in [3.8, 4) is 0 Å². The Labute approximate surface area is 91.5 Å². The van der Waals surface area contributed by atoms with Crippen LogP contribution < -0.4 is 10.6 Å². The van der Waals surface area contributed by atoms with Gasteiger partial charge in [-0.2, -0.15) is 0 Å². The van der Waals surface area contributed by atoms with E-state index in [1.165, 1.54) is 5.69 Å². The number of hydrogen-bond donors (Lipinski definition) is 2. The maximum absolute atomic E-state index is 9.53. The van der Waals surface area contributed by atoms with Crippen molar-refractivity contribution < 1.29 is 5.11 Å². The molecule has 0 aliphatic rings. The summed E-state index contributed by atoms with van der Waals surface area (Å²) in [5.74, 6) is 0. The molecule has 1 aromatic carbocycles. The van der Waals surface area contributed by atoms with Gasteiger partial charge in [0.2, 0.25) is 0 Å². The first-order chi connectivity index (χ1) is 7.22. The Hall–Kier alpha value is -1.06. The van der Waals surface area contributed by atoms with E-state index in [1.807, 2.05) is 24.3 Å². The van der Waals surface area contributed by atoms with Gasteiger partial charge in [-0.25, -0.2) is 0 Å². The van der Waals surface area contributed by atoms with Gasteiger partial charge in [-0.05, 0) is 31.5 Å². The average molecular weight is 208 g/mol. The number of benzene rings is 1. The lowest BCUT2D eigenvalue weighted by molar-refractivity contribution is 0.187. The summed E-state index contributed by atoms with van der Waals surface area (Å²) in [6.45, 7) is 6.52. The van der Waals surface area contributed by atoms with Gasteiger partial charge in [-0.3, -0.25) is 0 Å². The van der Waals surface area contributed by atoms with E-state index < -0.39 is 6.10 Å². The van der Waals surface area contributed by atoms with Gasteiger partial charge in [0.05, 0.1) is 6.10 Å². The van der Waals surface area contributed by atoms with E-state index in [4.69, 9.17) is 5.73 Å². The molecule has 0 aliphatic heterocycles. The van der Waals surface area contributed by atoms with E-state index in [2.05, 4.69) is 18.7 Å². The first-order valence-corrected chi connectivity index (χ1v) is 5.46. The van der Waals surface area contributed by atoms with Crippen LogP contribution >= 0.6 is 0 Å². The van der Waals surface area contributed by atoms with Crippen LogP contribution in [0.5, 0.6) is 0 Å². The second kappa shape index (κ2) is 5.73. The molecule has 0 saturated carbocycles. The molecule has 3 N–H and O–H groups in total. The standard InChI is InChI=1S/C12H20N2O/c1-3-14(4-2)11-7-5-10(6-8-11)12(15)9-13/h5-8,12,15H,3-4,9,13H2,1-2H3/t12-/m0/s1. The van der Waals surface area contributed by atoms with Gasteiger partial charge in [0.25, 0.3) is 0 Å². The largest absolute Gasteiger partial charge is 0.387 e. The highest BCUT2D eigenvalue weighted by Gasteiger charge is 2.06. The van der Waals surface area contributed by atoms with E-state index in [0.29, 0.717) is 0 Å². The van der Waals surface area contributed by atoms with Gasteiger partial charge in [0.15, 0.2) is 0 Å². The van der Waals surface area contributed by atoms with Crippen LogP contribution in [0.15, 0.2) is 24.3 Å². The van der Waals surface area contributed by atoms with Crippen LogP contribution in [-0.4, -0.2) is 24.7 Å². The van der Waals surface area contributed by atoms with Crippen molar-refractivity contribution in [1.29, 1.82) is 0 Å². The van der Waals surface area contributed by atoms with Gasteiger partial charge >= 0.3 is 0 Å². The molecular formula is C12H20N2O. The summed E-state index contributed by atoms with van der Waals surface area (Å²) in [4.78, 5) is 2.26. The maximum atomic E-state index is 9.53. The number of nitrogens with two attached hydrogens (primary N) is 1. The first-order valence-electron chi connectivity index (χ1n) is 5.46. The summed E-state index contributed by atoms with van der Waals surface area (Å²) in [6.07, 6.45) is -0.546. The molecular weight excluding hydrogens is 188 g/mol. The summed E-state index contributed by atoms with van der Waals surface area (Å²) in [5, 5.41) is 9.53. The van der Waals surface area contributed by atoms with E-state index in [1.54, 1.807) is 0 Å². The van der Waals surface area contributed by atoms with Crippen LogP contribution in [0.2, 0.25) is 0 Å². The van der Waals surface area contributed by atoms with Gasteiger partial charge in [-0.15, -0.1) is 0 Å². The highest BCUT2D eigenvalue weighted by molar-refractivity contribution is 5.47. The zero-order valence-electron chi connectivity index (χ0n) is 9.48. The van der Waals surface area contributed by atoms with E-state index in [0.717, 1.165) is 18.7 Å². The number of nitrogens with zero attached hydrogens (tertiary/aromatic N) is 1. The Morgan fingerprint density at radius 2 is 1.73 bits per heavy atom. The highest BCUT2D eigenvalue weighted by atomic mass is 16.3. The van der Waals surface area contributed by atoms with Gasteiger partial charge in [0, 0.05) is 25.3 Å². The van der Waals surface area contributed by atoms with Gasteiger partial charge in [-0.1, -0.05) is 12.1 Å². The fraction of sp³-hybridized carbons (Fsp3) is 0.500. The minimum absolute atomic E-state index is 0.268. The predicted molar refractivity (Wildman–Crippen MR) is 64.0 cm³/mol. The molecule has 84 valence electrons. The Kier molecular flexibility index (Phi) is 4.59. The number of hydrogen-bond acceptors (Lipinski definition) is 3. The van der Waals surface area contributed by atoms with Crippen LogP contribution in [0.25, 0.3) is 0 Å². The SMILES string of the molecule is CCN(CC)c1ccc([C@@H](O)CN)cc1. The zero-order chi connectivity index (χ0) is 11.3. The second-order valence-corrected chi connectivity index (χ2v) is 3.52. The summed E-state index contributed by atoms with van der Waals surface area (Å²) < 4.78 is 0. The summed E-state index contributed by atoms with van der Waals surface area (Å²) in [7, 11) is 0. The van der Waals surface area contributed by atoms with Gasteiger partial charge in [0.1, 0.15) is 0 Å². The molecule has 1 atom stereocenters. The molecule has 3 heteroatoms. The third-order valence-electron chi connectivity index (χ3n) is 2.63. The van der Waals surface area contributed by atoms with E-state index in [9.17, 15) is 5.11 Å². The Morgan fingerprint density at radius 3 is 2.13 bits per heavy atom. The molecule has 0 amide bonds. The summed E-state index contributed by atoms with van der Waals surface area (Å²) in [5.41, 5.74) is 7.46. The van der Waals surface area contributed by atoms with Crippen LogP contribution in [-0.2, 0) is 0 Å². The highest BCUT2D eigenvalue weighted by Crippen LogP contribution is 2.18. The monoisotopic (exact) mass is 208 g/mol. The van der Waals surface area contributed by atoms with Crippen LogP contribution in [0.4, 0.5) is 5.69 Å². The molecule has 0 unspecified atom stereocenters. The normalized spacial score (nSPS) is 12.5. The number of aliphatic hydroxyl groups is 1. The number of aliphatic hydroxyl groups excluding tert-OH is 1. The van der Waals surface area contributed by atoms with E-state index in [-0.39, 0.29) is 6.54 Å². The zero-order valence-corrected chi connectivity index (χ0v) is 9.48. The maximum Gasteiger partial charge on any atom is 0.0912 e. The quantitative estimate of drug-likeness (QED) is 0.771. The van der Waals surface area contributed by atoms with Crippen molar-refractivity contribution in [2.45, 2.75) is 20.0 Å².